The molecule has 1 saturated heterocycles. The fraction of sp³-hybridized carbons (Fsp3) is 0.348. The molecule has 1 aromatic carbocycles. The van der Waals surface area contributed by atoms with Crippen molar-refractivity contribution >= 4 is 39.8 Å². The van der Waals surface area contributed by atoms with E-state index in [0.717, 1.165) is 11.3 Å². The van der Waals surface area contributed by atoms with Crippen molar-refractivity contribution in [3.05, 3.63) is 53.2 Å². The molecule has 2 aliphatic rings. The van der Waals surface area contributed by atoms with Gasteiger partial charge < -0.3 is 19.6 Å². The zero-order chi connectivity index (χ0) is 23.3. The van der Waals surface area contributed by atoms with Gasteiger partial charge in [-0.3, -0.25) is 14.7 Å². The van der Waals surface area contributed by atoms with E-state index in [2.05, 4.69) is 14.9 Å². The summed E-state index contributed by atoms with van der Waals surface area (Å²) in [7, 11) is 3.31. The summed E-state index contributed by atoms with van der Waals surface area (Å²) in [5.41, 5.74) is 2.41. The number of methoxy groups -OCH3 is 1. The summed E-state index contributed by atoms with van der Waals surface area (Å²) in [6, 6.07) is 7.01. The summed E-state index contributed by atoms with van der Waals surface area (Å²) < 4.78 is 19.9. The van der Waals surface area contributed by atoms with Gasteiger partial charge in [0.1, 0.15) is 17.3 Å². The predicted octanol–water partition coefficient (Wildman–Crippen LogP) is 2.46. The Hall–Kier alpha value is -3.01. The van der Waals surface area contributed by atoms with Crippen molar-refractivity contribution in [1.29, 1.82) is 0 Å². The first-order chi connectivity index (χ1) is 15.9. The smallest absolute Gasteiger partial charge is 0.250 e. The number of halogens is 2. The number of rotatable bonds is 4. The molecule has 2 unspecified atom stereocenters. The number of carbonyl (C=O) groups excluding carboxylic acids is 1. The quantitative estimate of drug-likeness (QED) is 0.585. The summed E-state index contributed by atoms with van der Waals surface area (Å²) in [5, 5.41) is 10.4. The lowest BCUT2D eigenvalue weighted by Gasteiger charge is -2.50. The third-order valence-corrected chi connectivity index (χ3v) is 6.76. The average Bonchev–Trinajstić information content (AvgIpc) is 2.84. The number of aliphatic hydroxyl groups excluding tert-OH is 1. The van der Waals surface area contributed by atoms with Crippen LogP contribution in [0.25, 0.3) is 10.9 Å². The highest BCUT2D eigenvalue weighted by Crippen LogP contribution is 2.42. The SMILES string of the molecule is COc1ccc(CN2CC3C(=O)N(C)c4cnc5c(F)c(Cl)ncc5c4N3CC2CO)cc1. The number of fused-ring (bicyclic) bond motifs is 5. The van der Waals surface area contributed by atoms with Gasteiger partial charge in [-0.2, -0.15) is 0 Å². The van der Waals surface area contributed by atoms with E-state index in [1.807, 2.05) is 29.2 Å². The standard InChI is InChI=1S/C23H23ClFN5O3/c1-28-17-8-26-20-16(7-27-22(24)19(20)25)21(17)30-10-14(12-31)29(11-18(30)23(28)32)9-13-3-5-15(33-2)6-4-13/h3-8,14,18,31H,9-12H2,1-2H3. The maximum Gasteiger partial charge on any atom is 0.250 e. The normalized spacial score (nSPS) is 20.7. The van der Waals surface area contributed by atoms with Gasteiger partial charge >= 0.3 is 0 Å². The van der Waals surface area contributed by atoms with Crippen molar-refractivity contribution in [2.45, 2.75) is 18.6 Å². The highest BCUT2D eigenvalue weighted by Gasteiger charge is 2.44. The van der Waals surface area contributed by atoms with Gasteiger partial charge in [0.25, 0.3) is 5.91 Å². The molecule has 4 heterocycles. The summed E-state index contributed by atoms with van der Waals surface area (Å²) in [6.45, 7) is 1.30. The maximum atomic E-state index is 14.7. The fourth-order valence-corrected chi connectivity index (χ4v) is 4.84. The minimum absolute atomic E-state index is 0.0813. The maximum absolute atomic E-state index is 14.7. The Morgan fingerprint density at radius 1 is 1.21 bits per heavy atom. The Balaban J connectivity index is 1.53. The van der Waals surface area contributed by atoms with E-state index in [4.69, 9.17) is 16.3 Å². The molecule has 2 aliphatic heterocycles. The Morgan fingerprint density at radius 2 is 1.97 bits per heavy atom. The van der Waals surface area contributed by atoms with Crippen LogP contribution in [0.1, 0.15) is 5.56 Å². The number of ether oxygens (including phenoxy) is 1. The number of nitrogens with zero attached hydrogens (tertiary/aromatic N) is 5. The summed E-state index contributed by atoms with van der Waals surface area (Å²) in [6.07, 6.45) is 2.98. The fourth-order valence-electron chi connectivity index (χ4n) is 4.70. The number of hydrogen-bond donors (Lipinski definition) is 1. The minimum atomic E-state index is -0.690. The van der Waals surface area contributed by atoms with Gasteiger partial charge in [0.2, 0.25) is 0 Å². The van der Waals surface area contributed by atoms with E-state index < -0.39 is 11.9 Å². The van der Waals surface area contributed by atoms with E-state index in [1.165, 1.54) is 12.4 Å². The number of pyridine rings is 2. The molecule has 0 aliphatic carbocycles. The van der Waals surface area contributed by atoms with Crippen LogP contribution in [0.4, 0.5) is 15.8 Å². The number of anilines is 2. The summed E-state index contributed by atoms with van der Waals surface area (Å²) in [4.78, 5) is 27.1. The van der Waals surface area contributed by atoms with Crippen molar-refractivity contribution in [1.82, 2.24) is 14.9 Å². The Kier molecular flexibility index (Phi) is 5.55. The molecule has 10 heteroatoms. The first-order valence-electron chi connectivity index (χ1n) is 10.6. The highest BCUT2D eigenvalue weighted by atomic mass is 35.5. The van der Waals surface area contributed by atoms with Crippen molar-refractivity contribution in [2.24, 2.45) is 0 Å². The Labute approximate surface area is 195 Å². The molecule has 1 amide bonds. The Morgan fingerprint density at radius 3 is 2.67 bits per heavy atom. The number of carbonyl (C=O) groups is 1. The van der Waals surface area contributed by atoms with Crippen LogP contribution in [0.15, 0.2) is 36.7 Å². The Bertz CT molecular complexity index is 1220. The minimum Gasteiger partial charge on any atom is -0.497 e. The van der Waals surface area contributed by atoms with Crippen molar-refractivity contribution in [3.8, 4) is 5.75 Å². The number of benzene rings is 1. The van der Waals surface area contributed by atoms with Crippen LogP contribution in [0.5, 0.6) is 5.75 Å². The van der Waals surface area contributed by atoms with E-state index in [9.17, 15) is 14.3 Å². The number of aliphatic hydroxyl groups is 1. The van der Waals surface area contributed by atoms with Crippen LogP contribution in [-0.4, -0.2) is 71.8 Å². The van der Waals surface area contributed by atoms with E-state index in [0.29, 0.717) is 36.4 Å². The van der Waals surface area contributed by atoms with Crippen molar-refractivity contribution in [2.75, 3.05) is 43.7 Å². The van der Waals surface area contributed by atoms with Gasteiger partial charge in [0, 0.05) is 38.3 Å². The second kappa shape index (κ2) is 8.40. The first kappa shape index (κ1) is 21.8. The monoisotopic (exact) mass is 471 g/mol. The number of amides is 1. The summed E-state index contributed by atoms with van der Waals surface area (Å²) in [5.74, 6) is -0.00325. The molecule has 33 heavy (non-hydrogen) atoms. The van der Waals surface area contributed by atoms with Crippen molar-refractivity contribution in [3.63, 3.8) is 0 Å². The predicted molar refractivity (Wildman–Crippen MR) is 123 cm³/mol. The van der Waals surface area contributed by atoms with Gasteiger partial charge in [-0.25, -0.2) is 9.37 Å². The van der Waals surface area contributed by atoms with E-state index >= 15 is 0 Å². The zero-order valence-electron chi connectivity index (χ0n) is 18.2. The van der Waals surface area contributed by atoms with Gasteiger partial charge in [0.05, 0.1) is 37.3 Å². The third kappa shape index (κ3) is 3.56. The van der Waals surface area contributed by atoms with E-state index in [-0.39, 0.29) is 29.2 Å². The van der Waals surface area contributed by atoms with Gasteiger partial charge in [-0.05, 0) is 17.7 Å². The van der Waals surface area contributed by atoms with Crippen molar-refractivity contribution < 1.29 is 19.0 Å². The molecule has 0 saturated carbocycles. The lowest BCUT2D eigenvalue weighted by Crippen LogP contribution is -2.65. The summed E-state index contributed by atoms with van der Waals surface area (Å²) >= 11 is 5.87. The molecule has 172 valence electrons. The van der Waals surface area contributed by atoms with Crippen LogP contribution in [0, 0.1) is 5.82 Å². The molecular weight excluding hydrogens is 449 g/mol. The molecule has 8 nitrogen and oxygen atoms in total. The van der Waals surface area contributed by atoms with Gasteiger partial charge in [-0.15, -0.1) is 0 Å². The van der Waals surface area contributed by atoms with Crippen LogP contribution >= 0.6 is 11.6 Å². The molecule has 0 bridgehead atoms. The molecule has 5 rings (SSSR count). The second-order valence-corrected chi connectivity index (χ2v) is 8.65. The van der Waals surface area contributed by atoms with Crippen LogP contribution < -0.4 is 14.5 Å². The van der Waals surface area contributed by atoms with E-state index in [1.54, 1.807) is 19.1 Å². The van der Waals surface area contributed by atoms with Crippen LogP contribution in [0.2, 0.25) is 5.15 Å². The largest absolute Gasteiger partial charge is 0.497 e. The average molecular weight is 472 g/mol. The zero-order valence-corrected chi connectivity index (χ0v) is 19.0. The molecule has 1 fully saturated rings. The first-order valence-corrected chi connectivity index (χ1v) is 11.0. The highest BCUT2D eigenvalue weighted by molar-refractivity contribution is 6.30. The molecule has 1 N–H and O–H groups in total. The van der Waals surface area contributed by atoms with Crippen LogP contribution in [-0.2, 0) is 11.3 Å². The number of likely N-dealkylation sites (N-methyl/N-ethyl adjacent to an activating group) is 1. The lowest BCUT2D eigenvalue weighted by atomic mass is 9.98. The molecular formula is C23H23ClFN5O3. The van der Waals surface area contributed by atoms with Gasteiger partial charge in [0.15, 0.2) is 11.0 Å². The van der Waals surface area contributed by atoms with Crippen LogP contribution in [0.3, 0.4) is 0 Å². The molecule has 2 aromatic heterocycles. The molecule has 2 atom stereocenters. The van der Waals surface area contributed by atoms with Gasteiger partial charge in [-0.1, -0.05) is 23.7 Å². The number of hydrogen-bond acceptors (Lipinski definition) is 7. The third-order valence-electron chi connectivity index (χ3n) is 6.49. The molecule has 0 radical (unpaired) electrons. The number of aromatic nitrogens is 2. The lowest BCUT2D eigenvalue weighted by molar-refractivity contribution is -0.121. The topological polar surface area (TPSA) is 82.0 Å². The number of piperazine rings is 1. The second-order valence-electron chi connectivity index (χ2n) is 8.30. The molecule has 3 aromatic rings. The molecule has 0 spiro atoms.